The van der Waals surface area contributed by atoms with Gasteiger partial charge in [0.15, 0.2) is 0 Å². The molecule has 4 rings (SSSR count). The van der Waals surface area contributed by atoms with Gasteiger partial charge in [0, 0.05) is 17.8 Å². The predicted octanol–water partition coefficient (Wildman–Crippen LogP) is 4.20. The summed E-state index contributed by atoms with van der Waals surface area (Å²) in [5, 5.41) is 3.49. The summed E-state index contributed by atoms with van der Waals surface area (Å²) in [6.07, 6.45) is 0. The zero-order valence-electron chi connectivity index (χ0n) is 17.3. The molecule has 156 valence electrons. The van der Waals surface area contributed by atoms with Crippen LogP contribution in [-0.4, -0.2) is 27.3 Å². The second-order valence-corrected chi connectivity index (χ2v) is 7.35. The maximum Gasteiger partial charge on any atom is 0.258 e. The second-order valence-electron chi connectivity index (χ2n) is 7.35. The highest BCUT2D eigenvalue weighted by Crippen LogP contribution is 2.13. The molecule has 1 amide bonds. The van der Waals surface area contributed by atoms with Gasteiger partial charge in [0.05, 0.1) is 17.4 Å². The van der Waals surface area contributed by atoms with E-state index in [9.17, 15) is 9.59 Å². The van der Waals surface area contributed by atoms with Gasteiger partial charge in [-0.3, -0.25) is 14.5 Å². The highest BCUT2D eigenvalue weighted by molar-refractivity contribution is 6.04. The lowest BCUT2D eigenvalue weighted by atomic mass is 10.1. The molecule has 4 aromatic rings. The van der Waals surface area contributed by atoms with Crippen LogP contribution in [-0.2, 0) is 13.1 Å². The fourth-order valence-corrected chi connectivity index (χ4v) is 3.45. The largest absolute Gasteiger partial charge is 0.322 e. The van der Waals surface area contributed by atoms with E-state index in [-0.39, 0.29) is 11.5 Å². The molecule has 0 aliphatic rings. The number of carbonyl (C=O) groups excluding carboxylic acids is 1. The Balaban J connectivity index is 1.43. The summed E-state index contributed by atoms with van der Waals surface area (Å²) < 4.78 is 0. The fraction of sp³-hybridized carbons (Fsp3) is 0.160. The van der Waals surface area contributed by atoms with Gasteiger partial charge in [0.2, 0.25) is 0 Å². The number of nitrogens with one attached hydrogen (secondary N) is 2. The van der Waals surface area contributed by atoms with Crippen molar-refractivity contribution in [1.29, 1.82) is 0 Å². The Morgan fingerprint density at radius 1 is 0.935 bits per heavy atom. The number of aromatic amines is 1. The number of hydrogen-bond acceptors (Lipinski definition) is 4. The Hall–Kier alpha value is -3.77. The molecule has 0 fully saturated rings. The quantitative estimate of drug-likeness (QED) is 0.477. The number of amides is 1. The summed E-state index contributed by atoms with van der Waals surface area (Å²) >= 11 is 0. The maximum absolute atomic E-state index is 12.4. The molecule has 6 nitrogen and oxygen atoms in total. The predicted molar refractivity (Wildman–Crippen MR) is 123 cm³/mol. The second kappa shape index (κ2) is 9.36. The molecule has 1 heterocycles. The van der Waals surface area contributed by atoms with Crippen molar-refractivity contribution in [3.8, 4) is 0 Å². The summed E-state index contributed by atoms with van der Waals surface area (Å²) in [6, 6.07) is 24.3. The lowest BCUT2D eigenvalue weighted by Crippen LogP contribution is -2.25. The number of aromatic nitrogens is 2. The number of rotatable bonds is 7. The number of anilines is 1. The molecule has 31 heavy (non-hydrogen) atoms. The third kappa shape index (κ3) is 5.05. The first-order valence-electron chi connectivity index (χ1n) is 10.3. The third-order valence-corrected chi connectivity index (χ3v) is 5.14. The van der Waals surface area contributed by atoms with Gasteiger partial charge in [-0.05, 0) is 48.5 Å². The molecule has 0 atom stereocenters. The molecule has 0 saturated carbocycles. The number of benzene rings is 3. The first kappa shape index (κ1) is 20.5. The molecule has 0 radical (unpaired) electrons. The monoisotopic (exact) mass is 412 g/mol. The molecule has 0 bridgehead atoms. The average Bonchev–Trinajstić information content (AvgIpc) is 2.80. The highest BCUT2D eigenvalue weighted by atomic mass is 16.1. The van der Waals surface area contributed by atoms with E-state index in [1.54, 1.807) is 6.07 Å². The van der Waals surface area contributed by atoms with Crippen molar-refractivity contribution in [2.45, 2.75) is 20.0 Å². The van der Waals surface area contributed by atoms with Crippen molar-refractivity contribution < 1.29 is 4.79 Å². The van der Waals surface area contributed by atoms with E-state index in [1.165, 1.54) is 0 Å². The third-order valence-electron chi connectivity index (χ3n) is 5.14. The van der Waals surface area contributed by atoms with Crippen LogP contribution in [0.5, 0.6) is 0 Å². The van der Waals surface area contributed by atoms with Crippen LogP contribution < -0.4 is 10.9 Å². The lowest BCUT2D eigenvalue weighted by Gasteiger charge is -2.20. The molecule has 0 aliphatic heterocycles. The van der Waals surface area contributed by atoms with Crippen LogP contribution in [0, 0.1) is 0 Å². The number of nitrogens with zero attached hydrogens (tertiary/aromatic N) is 2. The zero-order valence-corrected chi connectivity index (χ0v) is 17.3. The molecular weight excluding hydrogens is 388 g/mol. The van der Waals surface area contributed by atoms with Crippen molar-refractivity contribution in [3.05, 3.63) is 106 Å². The van der Waals surface area contributed by atoms with Crippen molar-refractivity contribution in [1.82, 2.24) is 14.9 Å². The van der Waals surface area contributed by atoms with E-state index in [2.05, 4.69) is 27.1 Å². The van der Waals surface area contributed by atoms with E-state index in [0.717, 1.165) is 17.8 Å². The van der Waals surface area contributed by atoms with Gasteiger partial charge in [-0.25, -0.2) is 4.98 Å². The Morgan fingerprint density at radius 2 is 1.65 bits per heavy atom. The molecule has 0 unspecified atom stereocenters. The van der Waals surface area contributed by atoms with E-state index in [0.29, 0.717) is 35.4 Å². The first-order valence-corrected chi connectivity index (χ1v) is 10.3. The number of H-pyrrole nitrogens is 1. The number of carbonyl (C=O) groups is 1. The Bertz CT molecular complexity index is 1230. The normalized spacial score (nSPS) is 11.0. The first-order chi connectivity index (χ1) is 15.1. The maximum atomic E-state index is 12.4. The summed E-state index contributed by atoms with van der Waals surface area (Å²) in [7, 11) is 0. The highest BCUT2D eigenvalue weighted by Gasteiger charge is 2.10. The van der Waals surface area contributed by atoms with Gasteiger partial charge in [-0.1, -0.05) is 49.4 Å². The molecule has 6 heteroatoms. The van der Waals surface area contributed by atoms with Gasteiger partial charge in [-0.15, -0.1) is 0 Å². The number of hydrogen-bond donors (Lipinski definition) is 2. The summed E-state index contributed by atoms with van der Waals surface area (Å²) in [4.78, 5) is 34.4. The van der Waals surface area contributed by atoms with Crippen LogP contribution in [0.25, 0.3) is 10.9 Å². The summed E-state index contributed by atoms with van der Waals surface area (Å²) in [5.74, 6) is 0.507. The number of fused-ring (bicyclic) bond motifs is 1. The SMILES string of the molecule is CCN(Cc1ccc(C(=O)Nc2ccccc2)cc1)Cc1nc2ccccc2c(=O)[nH]1. The number of para-hydroxylation sites is 2. The zero-order chi connectivity index (χ0) is 21.6. The van der Waals surface area contributed by atoms with Gasteiger partial charge in [0.1, 0.15) is 5.82 Å². The van der Waals surface area contributed by atoms with Crippen LogP contribution in [0.3, 0.4) is 0 Å². The Kier molecular flexibility index (Phi) is 6.19. The van der Waals surface area contributed by atoms with Crippen LogP contribution in [0.1, 0.15) is 28.7 Å². The molecule has 0 aliphatic carbocycles. The summed E-state index contributed by atoms with van der Waals surface area (Å²) in [6.45, 7) is 4.09. The van der Waals surface area contributed by atoms with E-state index < -0.39 is 0 Å². The minimum atomic E-state index is -0.136. The van der Waals surface area contributed by atoms with Crippen molar-refractivity contribution >= 4 is 22.5 Å². The minimum Gasteiger partial charge on any atom is -0.322 e. The molecular formula is C25H24N4O2. The molecule has 0 saturated heterocycles. The van der Waals surface area contributed by atoms with Gasteiger partial charge < -0.3 is 10.3 Å². The van der Waals surface area contributed by atoms with E-state index in [1.807, 2.05) is 72.8 Å². The minimum absolute atomic E-state index is 0.120. The van der Waals surface area contributed by atoms with Crippen LogP contribution in [0.15, 0.2) is 83.7 Å². The Morgan fingerprint density at radius 3 is 2.39 bits per heavy atom. The molecule has 3 aromatic carbocycles. The smallest absolute Gasteiger partial charge is 0.258 e. The Labute approximate surface area is 180 Å². The van der Waals surface area contributed by atoms with Crippen LogP contribution in [0.2, 0.25) is 0 Å². The van der Waals surface area contributed by atoms with Crippen molar-refractivity contribution in [2.75, 3.05) is 11.9 Å². The topological polar surface area (TPSA) is 78.1 Å². The summed E-state index contributed by atoms with van der Waals surface area (Å²) in [5.41, 5.74) is 3.04. The van der Waals surface area contributed by atoms with E-state index in [4.69, 9.17) is 0 Å². The van der Waals surface area contributed by atoms with Crippen LogP contribution in [0.4, 0.5) is 5.69 Å². The lowest BCUT2D eigenvalue weighted by molar-refractivity contribution is 0.102. The molecule has 1 aromatic heterocycles. The van der Waals surface area contributed by atoms with Crippen LogP contribution >= 0.6 is 0 Å². The van der Waals surface area contributed by atoms with Crippen molar-refractivity contribution in [2.24, 2.45) is 0 Å². The van der Waals surface area contributed by atoms with Gasteiger partial charge >= 0.3 is 0 Å². The van der Waals surface area contributed by atoms with Gasteiger partial charge in [-0.2, -0.15) is 0 Å². The molecule has 0 spiro atoms. The average molecular weight is 412 g/mol. The fourth-order valence-electron chi connectivity index (χ4n) is 3.45. The van der Waals surface area contributed by atoms with Gasteiger partial charge in [0.25, 0.3) is 11.5 Å². The standard InChI is InChI=1S/C25H24N4O2/c1-2-29(17-23-27-22-11-7-6-10-21(22)25(31)28-23)16-18-12-14-19(15-13-18)24(30)26-20-8-4-3-5-9-20/h3-15H,2,16-17H2,1H3,(H,26,30)(H,27,28,31). The van der Waals surface area contributed by atoms with Crippen molar-refractivity contribution in [3.63, 3.8) is 0 Å². The van der Waals surface area contributed by atoms with E-state index >= 15 is 0 Å². The molecule has 2 N–H and O–H groups in total.